The van der Waals surface area contributed by atoms with Crippen molar-refractivity contribution in [2.24, 2.45) is 0 Å². The third-order valence-corrected chi connectivity index (χ3v) is 4.75. The number of ketones is 1. The molecule has 0 atom stereocenters. The molecular formula is C24H19FO4. The topological polar surface area (TPSA) is 44.8 Å². The number of benzene rings is 3. The van der Waals surface area contributed by atoms with Crippen LogP contribution in [0.4, 0.5) is 4.39 Å². The lowest BCUT2D eigenvalue weighted by Crippen LogP contribution is -1.99. The standard InChI is InChI=1S/C24H19FO4/c1-15-20(28-14-16-6-5-8-18(25)12-16)11-10-19-23(26)22(29-24(15)19)13-17-7-3-4-9-21(17)27-2/h3-13H,14H2,1-2H3/b22-13-. The van der Waals surface area contributed by atoms with Gasteiger partial charge in [-0.25, -0.2) is 4.39 Å². The number of Topliss-reactive ketones (excluding diaryl/α,β-unsaturated/α-hetero) is 1. The molecule has 0 fully saturated rings. The van der Waals surface area contributed by atoms with Gasteiger partial charge in [-0.15, -0.1) is 0 Å². The van der Waals surface area contributed by atoms with Gasteiger partial charge in [0, 0.05) is 11.1 Å². The number of carbonyl (C=O) groups is 1. The number of hydrogen-bond acceptors (Lipinski definition) is 4. The summed E-state index contributed by atoms with van der Waals surface area (Å²) in [5.74, 6) is 1.45. The first kappa shape index (κ1) is 18.7. The molecule has 5 heteroatoms. The van der Waals surface area contributed by atoms with Gasteiger partial charge >= 0.3 is 0 Å². The van der Waals surface area contributed by atoms with Gasteiger partial charge in [0.2, 0.25) is 5.78 Å². The molecule has 0 N–H and O–H groups in total. The van der Waals surface area contributed by atoms with Crippen molar-refractivity contribution in [2.45, 2.75) is 13.5 Å². The predicted molar refractivity (Wildman–Crippen MR) is 108 cm³/mol. The average molecular weight is 390 g/mol. The Hall–Kier alpha value is -3.60. The number of fused-ring (bicyclic) bond motifs is 1. The van der Waals surface area contributed by atoms with Crippen molar-refractivity contribution in [3.63, 3.8) is 0 Å². The highest BCUT2D eigenvalue weighted by molar-refractivity contribution is 6.15. The molecule has 1 aliphatic rings. The van der Waals surface area contributed by atoms with Gasteiger partial charge in [-0.3, -0.25) is 4.79 Å². The van der Waals surface area contributed by atoms with Crippen LogP contribution < -0.4 is 14.2 Å². The maximum atomic E-state index is 13.3. The monoisotopic (exact) mass is 390 g/mol. The Morgan fingerprint density at radius 3 is 2.66 bits per heavy atom. The molecule has 0 spiro atoms. The van der Waals surface area contributed by atoms with E-state index >= 15 is 0 Å². The van der Waals surface area contributed by atoms with Crippen molar-refractivity contribution < 1.29 is 23.4 Å². The van der Waals surface area contributed by atoms with Gasteiger partial charge < -0.3 is 14.2 Å². The van der Waals surface area contributed by atoms with Crippen LogP contribution >= 0.6 is 0 Å². The van der Waals surface area contributed by atoms with Crippen molar-refractivity contribution in [2.75, 3.05) is 7.11 Å². The molecule has 0 bridgehead atoms. The number of hydrogen-bond donors (Lipinski definition) is 0. The van der Waals surface area contributed by atoms with E-state index in [0.29, 0.717) is 22.8 Å². The lowest BCUT2D eigenvalue weighted by Gasteiger charge is -2.11. The highest BCUT2D eigenvalue weighted by Crippen LogP contribution is 2.40. The van der Waals surface area contributed by atoms with E-state index in [1.165, 1.54) is 12.1 Å². The van der Waals surface area contributed by atoms with E-state index in [2.05, 4.69) is 0 Å². The lowest BCUT2D eigenvalue weighted by atomic mass is 10.1. The van der Waals surface area contributed by atoms with E-state index in [-0.39, 0.29) is 24.0 Å². The first-order valence-electron chi connectivity index (χ1n) is 9.15. The van der Waals surface area contributed by atoms with Crippen molar-refractivity contribution in [1.82, 2.24) is 0 Å². The van der Waals surface area contributed by atoms with Crippen molar-refractivity contribution >= 4 is 11.9 Å². The number of halogens is 1. The van der Waals surface area contributed by atoms with Crippen LogP contribution in [-0.4, -0.2) is 12.9 Å². The fourth-order valence-electron chi connectivity index (χ4n) is 3.24. The van der Waals surface area contributed by atoms with Crippen LogP contribution in [0.5, 0.6) is 17.2 Å². The van der Waals surface area contributed by atoms with Crippen LogP contribution in [0.1, 0.15) is 27.0 Å². The van der Waals surface area contributed by atoms with Gasteiger partial charge in [0.25, 0.3) is 0 Å². The van der Waals surface area contributed by atoms with Gasteiger partial charge in [-0.1, -0.05) is 30.3 Å². The highest BCUT2D eigenvalue weighted by atomic mass is 19.1. The SMILES string of the molecule is COc1ccccc1/C=C1\Oc2c(ccc(OCc3cccc(F)c3)c2C)C1=O. The predicted octanol–water partition coefficient (Wildman–Crippen LogP) is 5.34. The zero-order chi connectivity index (χ0) is 20.4. The van der Waals surface area contributed by atoms with Crippen LogP contribution in [0.15, 0.2) is 66.4 Å². The second-order valence-corrected chi connectivity index (χ2v) is 6.67. The van der Waals surface area contributed by atoms with Gasteiger partial charge in [0.1, 0.15) is 29.7 Å². The fourth-order valence-corrected chi connectivity index (χ4v) is 3.24. The summed E-state index contributed by atoms with van der Waals surface area (Å²) in [5.41, 5.74) is 2.68. The number of rotatable bonds is 5. The Bertz CT molecular complexity index is 1120. The molecule has 1 heterocycles. The number of allylic oxidation sites excluding steroid dienone is 1. The van der Waals surface area contributed by atoms with Crippen molar-refractivity contribution in [3.8, 4) is 17.2 Å². The molecule has 0 amide bonds. The summed E-state index contributed by atoms with van der Waals surface area (Å²) in [5, 5.41) is 0. The van der Waals surface area contributed by atoms with E-state index in [9.17, 15) is 9.18 Å². The van der Waals surface area contributed by atoms with Crippen molar-refractivity contribution in [3.05, 3.63) is 94.5 Å². The smallest absolute Gasteiger partial charge is 0.231 e. The molecule has 29 heavy (non-hydrogen) atoms. The molecule has 0 saturated carbocycles. The molecule has 1 aliphatic heterocycles. The molecule has 0 aromatic heterocycles. The number of para-hydroxylation sites is 1. The minimum atomic E-state index is -0.308. The fraction of sp³-hybridized carbons (Fsp3) is 0.125. The summed E-state index contributed by atoms with van der Waals surface area (Å²) < 4.78 is 30.4. The number of methoxy groups -OCH3 is 1. The maximum Gasteiger partial charge on any atom is 0.231 e. The second-order valence-electron chi connectivity index (χ2n) is 6.67. The molecule has 4 nitrogen and oxygen atoms in total. The average Bonchev–Trinajstić information content (AvgIpc) is 3.04. The molecule has 0 saturated heterocycles. The molecule has 4 rings (SSSR count). The summed E-state index contributed by atoms with van der Waals surface area (Å²) in [6.45, 7) is 2.05. The summed E-state index contributed by atoms with van der Waals surface area (Å²) in [6, 6.07) is 17.1. The first-order chi connectivity index (χ1) is 14.1. The van der Waals surface area contributed by atoms with E-state index in [1.54, 1.807) is 37.5 Å². The lowest BCUT2D eigenvalue weighted by molar-refractivity contribution is 0.101. The van der Waals surface area contributed by atoms with E-state index in [1.807, 2.05) is 31.2 Å². The molecule has 0 aliphatic carbocycles. The Labute approximate surface area is 168 Å². The van der Waals surface area contributed by atoms with E-state index in [4.69, 9.17) is 14.2 Å². The Morgan fingerprint density at radius 1 is 1.03 bits per heavy atom. The summed E-state index contributed by atoms with van der Waals surface area (Å²) in [7, 11) is 1.58. The van der Waals surface area contributed by atoms with Crippen LogP contribution in [0, 0.1) is 12.7 Å². The van der Waals surface area contributed by atoms with Crippen LogP contribution in [0.25, 0.3) is 6.08 Å². The zero-order valence-corrected chi connectivity index (χ0v) is 16.1. The maximum absolute atomic E-state index is 13.3. The van der Waals surface area contributed by atoms with Gasteiger partial charge in [-0.2, -0.15) is 0 Å². The molecule has 0 radical (unpaired) electrons. The van der Waals surface area contributed by atoms with E-state index < -0.39 is 0 Å². The summed E-state index contributed by atoms with van der Waals surface area (Å²) in [4.78, 5) is 12.8. The Kier molecular flexibility index (Phi) is 5.04. The molecule has 3 aromatic rings. The first-order valence-corrected chi connectivity index (χ1v) is 9.15. The van der Waals surface area contributed by atoms with Crippen LogP contribution in [0.3, 0.4) is 0 Å². The Morgan fingerprint density at radius 2 is 1.86 bits per heavy atom. The molecule has 146 valence electrons. The minimum Gasteiger partial charge on any atom is -0.496 e. The highest BCUT2D eigenvalue weighted by Gasteiger charge is 2.30. The second kappa shape index (κ2) is 7.80. The number of ether oxygens (including phenoxy) is 3. The zero-order valence-electron chi connectivity index (χ0n) is 16.1. The van der Waals surface area contributed by atoms with Crippen LogP contribution in [-0.2, 0) is 6.61 Å². The van der Waals surface area contributed by atoms with E-state index in [0.717, 1.165) is 16.7 Å². The molecular weight excluding hydrogens is 371 g/mol. The third-order valence-electron chi connectivity index (χ3n) is 4.75. The largest absolute Gasteiger partial charge is 0.496 e. The summed E-state index contributed by atoms with van der Waals surface area (Å²) in [6.07, 6.45) is 1.67. The molecule has 3 aromatic carbocycles. The normalized spacial score (nSPS) is 13.9. The van der Waals surface area contributed by atoms with Gasteiger partial charge in [-0.05, 0) is 48.9 Å². The Balaban J connectivity index is 1.59. The van der Waals surface area contributed by atoms with Gasteiger partial charge in [0.15, 0.2) is 5.76 Å². The quantitative estimate of drug-likeness (QED) is 0.552. The summed E-state index contributed by atoms with van der Waals surface area (Å²) >= 11 is 0. The third kappa shape index (κ3) is 3.72. The van der Waals surface area contributed by atoms with Crippen molar-refractivity contribution in [1.29, 1.82) is 0 Å². The van der Waals surface area contributed by atoms with Gasteiger partial charge in [0.05, 0.1) is 12.7 Å². The van der Waals surface area contributed by atoms with Crippen LogP contribution in [0.2, 0.25) is 0 Å². The minimum absolute atomic E-state index is 0.189. The molecule has 0 unspecified atom stereocenters. The number of carbonyl (C=O) groups excluding carboxylic acids is 1.